The largest absolute Gasteiger partial charge is 0.316 e. The van der Waals surface area contributed by atoms with Gasteiger partial charge < -0.3 is 5.32 Å². The molecule has 0 aromatic carbocycles. The molecule has 0 saturated heterocycles. The standard InChI is InChI=1S/C16H25NS/c1-12(2)9-17-11-16(6-13-3-4-18-10-13)7-14-5-15(14)8-16/h3-4,10,12,14-15,17H,5-9,11H2,1-2H3. The van der Waals surface area contributed by atoms with Crippen LogP contribution in [0.4, 0.5) is 0 Å². The van der Waals surface area contributed by atoms with Gasteiger partial charge in [0.25, 0.3) is 0 Å². The van der Waals surface area contributed by atoms with Crippen molar-refractivity contribution in [3.05, 3.63) is 22.4 Å². The highest BCUT2D eigenvalue weighted by molar-refractivity contribution is 7.07. The summed E-state index contributed by atoms with van der Waals surface area (Å²) in [5, 5.41) is 8.29. The molecule has 1 heterocycles. The van der Waals surface area contributed by atoms with Gasteiger partial charge in [-0.2, -0.15) is 11.3 Å². The molecule has 2 aliphatic carbocycles. The van der Waals surface area contributed by atoms with E-state index in [-0.39, 0.29) is 0 Å². The van der Waals surface area contributed by atoms with E-state index in [1.807, 2.05) is 11.3 Å². The summed E-state index contributed by atoms with van der Waals surface area (Å²) in [4.78, 5) is 0. The van der Waals surface area contributed by atoms with E-state index in [0.29, 0.717) is 5.41 Å². The summed E-state index contributed by atoms with van der Waals surface area (Å²) in [5.41, 5.74) is 2.14. The molecule has 2 saturated carbocycles. The van der Waals surface area contributed by atoms with Crippen molar-refractivity contribution >= 4 is 11.3 Å². The van der Waals surface area contributed by atoms with E-state index in [0.717, 1.165) is 17.8 Å². The minimum absolute atomic E-state index is 0.573. The number of thiophene rings is 1. The Balaban J connectivity index is 1.61. The molecule has 1 aromatic heterocycles. The third kappa shape index (κ3) is 2.80. The summed E-state index contributed by atoms with van der Waals surface area (Å²) in [6.45, 7) is 6.99. The van der Waals surface area contributed by atoms with E-state index in [9.17, 15) is 0 Å². The summed E-state index contributed by atoms with van der Waals surface area (Å²) in [6.07, 6.45) is 5.77. The van der Waals surface area contributed by atoms with Crippen molar-refractivity contribution in [3.63, 3.8) is 0 Å². The zero-order chi connectivity index (χ0) is 12.6. The van der Waals surface area contributed by atoms with Gasteiger partial charge >= 0.3 is 0 Å². The maximum Gasteiger partial charge on any atom is 0.00113 e. The average molecular weight is 263 g/mol. The van der Waals surface area contributed by atoms with Crippen LogP contribution >= 0.6 is 11.3 Å². The van der Waals surface area contributed by atoms with Crippen molar-refractivity contribution in [3.8, 4) is 0 Å². The molecule has 0 bridgehead atoms. The lowest BCUT2D eigenvalue weighted by atomic mass is 9.78. The Labute approximate surface area is 115 Å². The van der Waals surface area contributed by atoms with Gasteiger partial charge in [-0.25, -0.2) is 0 Å². The molecule has 1 N–H and O–H groups in total. The fourth-order valence-electron chi connectivity index (χ4n) is 3.81. The molecule has 3 rings (SSSR count). The first-order chi connectivity index (χ1) is 8.67. The minimum Gasteiger partial charge on any atom is -0.316 e. The van der Waals surface area contributed by atoms with Gasteiger partial charge in [-0.1, -0.05) is 13.8 Å². The van der Waals surface area contributed by atoms with E-state index in [1.54, 1.807) is 5.56 Å². The first kappa shape index (κ1) is 12.7. The number of fused-ring (bicyclic) bond motifs is 1. The zero-order valence-corrected chi connectivity index (χ0v) is 12.4. The normalized spacial score (nSPS) is 33.9. The maximum absolute atomic E-state index is 3.72. The fourth-order valence-corrected chi connectivity index (χ4v) is 4.48. The maximum atomic E-state index is 3.72. The summed E-state index contributed by atoms with van der Waals surface area (Å²) >= 11 is 1.84. The summed E-state index contributed by atoms with van der Waals surface area (Å²) in [5.74, 6) is 2.91. The molecular formula is C16H25NS. The molecule has 2 atom stereocenters. The molecule has 2 heteroatoms. The topological polar surface area (TPSA) is 12.0 Å². The van der Waals surface area contributed by atoms with Crippen molar-refractivity contribution in [1.29, 1.82) is 0 Å². The van der Waals surface area contributed by atoms with E-state index in [2.05, 4.69) is 36.0 Å². The van der Waals surface area contributed by atoms with Gasteiger partial charge in [0.05, 0.1) is 0 Å². The summed E-state index contributed by atoms with van der Waals surface area (Å²) < 4.78 is 0. The van der Waals surface area contributed by atoms with E-state index in [1.165, 1.54) is 38.8 Å². The molecule has 1 nitrogen and oxygen atoms in total. The van der Waals surface area contributed by atoms with Crippen LogP contribution in [0.5, 0.6) is 0 Å². The van der Waals surface area contributed by atoms with Crippen LogP contribution in [-0.2, 0) is 6.42 Å². The monoisotopic (exact) mass is 263 g/mol. The number of nitrogens with one attached hydrogen (secondary N) is 1. The Morgan fingerprint density at radius 2 is 2.17 bits per heavy atom. The van der Waals surface area contributed by atoms with Crippen LogP contribution in [0.3, 0.4) is 0 Å². The predicted octanol–water partition coefficient (Wildman–Crippen LogP) is 3.95. The lowest BCUT2D eigenvalue weighted by Crippen LogP contribution is -2.36. The smallest absolute Gasteiger partial charge is 0.00113 e. The van der Waals surface area contributed by atoms with Crippen molar-refractivity contribution in [2.45, 2.75) is 39.5 Å². The van der Waals surface area contributed by atoms with Crippen LogP contribution < -0.4 is 5.32 Å². The molecule has 2 fully saturated rings. The van der Waals surface area contributed by atoms with Crippen LogP contribution in [0.2, 0.25) is 0 Å². The van der Waals surface area contributed by atoms with Gasteiger partial charge in [0.2, 0.25) is 0 Å². The molecule has 0 aliphatic heterocycles. The minimum atomic E-state index is 0.573. The molecule has 1 aromatic rings. The van der Waals surface area contributed by atoms with Crippen molar-refractivity contribution < 1.29 is 0 Å². The van der Waals surface area contributed by atoms with Gasteiger partial charge in [-0.15, -0.1) is 0 Å². The molecule has 100 valence electrons. The van der Waals surface area contributed by atoms with Crippen molar-refractivity contribution in [2.75, 3.05) is 13.1 Å². The number of hydrogen-bond donors (Lipinski definition) is 1. The molecule has 18 heavy (non-hydrogen) atoms. The van der Waals surface area contributed by atoms with Crippen LogP contribution in [0.15, 0.2) is 16.8 Å². The number of hydrogen-bond acceptors (Lipinski definition) is 2. The van der Waals surface area contributed by atoms with Crippen molar-refractivity contribution in [2.24, 2.45) is 23.2 Å². The molecule has 0 spiro atoms. The van der Waals surface area contributed by atoms with Gasteiger partial charge in [-0.3, -0.25) is 0 Å². The SMILES string of the molecule is CC(C)CNCC1(Cc2ccsc2)CC2CC2C1. The molecule has 0 radical (unpaired) electrons. The lowest BCUT2D eigenvalue weighted by Gasteiger charge is -2.31. The van der Waals surface area contributed by atoms with Crippen LogP contribution in [0.25, 0.3) is 0 Å². The highest BCUT2D eigenvalue weighted by Crippen LogP contribution is 2.60. The zero-order valence-electron chi connectivity index (χ0n) is 11.6. The van der Waals surface area contributed by atoms with Gasteiger partial charge in [0.1, 0.15) is 0 Å². The Bertz CT molecular complexity index is 372. The summed E-state index contributed by atoms with van der Waals surface area (Å²) in [6, 6.07) is 2.32. The van der Waals surface area contributed by atoms with Gasteiger partial charge in [-0.05, 0) is 77.8 Å². The van der Waals surface area contributed by atoms with Crippen molar-refractivity contribution in [1.82, 2.24) is 5.32 Å². The van der Waals surface area contributed by atoms with E-state index < -0.39 is 0 Å². The Morgan fingerprint density at radius 1 is 1.39 bits per heavy atom. The molecule has 0 amide bonds. The van der Waals surface area contributed by atoms with Gasteiger partial charge in [0.15, 0.2) is 0 Å². The highest BCUT2D eigenvalue weighted by Gasteiger charge is 2.53. The first-order valence-electron chi connectivity index (χ1n) is 7.39. The van der Waals surface area contributed by atoms with E-state index >= 15 is 0 Å². The predicted molar refractivity (Wildman–Crippen MR) is 79.0 cm³/mol. The second kappa shape index (κ2) is 4.97. The Hall–Kier alpha value is -0.340. The Morgan fingerprint density at radius 3 is 2.78 bits per heavy atom. The van der Waals surface area contributed by atoms with Crippen LogP contribution in [0.1, 0.15) is 38.7 Å². The fraction of sp³-hybridized carbons (Fsp3) is 0.750. The number of rotatable bonds is 6. The Kier molecular flexibility index (Phi) is 3.50. The van der Waals surface area contributed by atoms with Crippen LogP contribution in [0, 0.1) is 23.2 Å². The summed E-state index contributed by atoms with van der Waals surface area (Å²) in [7, 11) is 0. The third-order valence-corrected chi connectivity index (χ3v) is 5.40. The molecule has 2 aliphatic rings. The first-order valence-corrected chi connectivity index (χ1v) is 8.33. The molecule has 2 unspecified atom stereocenters. The third-order valence-electron chi connectivity index (χ3n) is 4.67. The quantitative estimate of drug-likeness (QED) is 0.819. The second-order valence-electron chi connectivity index (χ2n) is 7.00. The van der Waals surface area contributed by atoms with E-state index in [4.69, 9.17) is 0 Å². The van der Waals surface area contributed by atoms with Gasteiger partial charge in [0, 0.05) is 6.54 Å². The highest BCUT2D eigenvalue weighted by atomic mass is 32.1. The average Bonchev–Trinajstić information content (AvgIpc) is 2.76. The lowest BCUT2D eigenvalue weighted by molar-refractivity contribution is 0.245. The second-order valence-corrected chi connectivity index (χ2v) is 7.78. The molecular weight excluding hydrogens is 238 g/mol. The van der Waals surface area contributed by atoms with Crippen LogP contribution in [-0.4, -0.2) is 13.1 Å².